The van der Waals surface area contributed by atoms with Crippen LogP contribution in [-0.2, 0) is 0 Å². The molecule has 0 aromatic heterocycles. The molecule has 8 heavy (non-hydrogen) atoms. The number of hydrogen-bond donors (Lipinski definition) is 0. The van der Waals surface area contributed by atoms with Gasteiger partial charge in [-0.3, -0.25) is 0 Å². The highest BCUT2D eigenvalue weighted by atomic mass is 28.2. The van der Waals surface area contributed by atoms with Crippen LogP contribution in [-0.4, -0.2) is 9.52 Å². The predicted octanol–water partition coefficient (Wildman–Crippen LogP) is 3.19. The first-order valence-corrected chi connectivity index (χ1v) is 4.33. The topological polar surface area (TPSA) is 0 Å². The zero-order valence-corrected chi connectivity index (χ0v) is 4.83. The Morgan fingerprint density at radius 2 is 1.12 bits per heavy atom. The lowest BCUT2D eigenvalue weighted by Crippen LogP contribution is -1.67. The number of rotatable bonds is 1. The Hall–Kier alpha value is 0.217. The van der Waals surface area contributed by atoms with Crippen LogP contribution in [0, 0.1) is 0 Å². The summed E-state index contributed by atoms with van der Waals surface area (Å²) in [5, 5.41) is 0. The molecule has 0 atom stereocenters. The molecule has 0 nitrogen and oxygen atoms in total. The van der Waals surface area contributed by atoms with E-state index >= 15 is 0 Å². The fourth-order valence-corrected chi connectivity index (χ4v) is 0. The predicted molar refractivity (Wildman–Crippen MR) is 51.8 cm³/mol. The van der Waals surface area contributed by atoms with E-state index in [2.05, 4.69) is 13.5 Å². The van der Waals surface area contributed by atoms with Crippen LogP contribution in [0.2, 0.25) is 12.6 Å². The van der Waals surface area contributed by atoms with Gasteiger partial charge in [0.2, 0.25) is 0 Å². The summed E-state index contributed by atoms with van der Waals surface area (Å²) in [6.45, 7) is 4.56. The number of hydrogen-bond acceptors (Lipinski definition) is 0. The molecule has 0 spiro atoms. The summed E-state index contributed by atoms with van der Waals surface area (Å²) in [5.74, 6) is 0. The standard InChI is InChI=1S/C3H10Si.4CH4/c1-3-4-2;;;;/h3-4H2,1-2H3;4*1H4. The van der Waals surface area contributed by atoms with Crippen LogP contribution in [0.3, 0.4) is 0 Å². The van der Waals surface area contributed by atoms with Crippen LogP contribution < -0.4 is 0 Å². The monoisotopic (exact) mass is 138 g/mol. The average molecular weight is 138 g/mol. The second-order valence-corrected chi connectivity index (χ2v) is 3.00. The molecule has 0 radical (unpaired) electrons. The Bertz CT molecular complexity index is 6.35. The molecule has 0 rings (SSSR count). The minimum Gasteiger partial charge on any atom is -0.0776 e. The lowest BCUT2D eigenvalue weighted by molar-refractivity contribution is 1.45. The molecular formula is C7H26Si. The molecule has 58 valence electrons. The Morgan fingerprint density at radius 3 is 1.12 bits per heavy atom. The third kappa shape index (κ3) is 114. The molecule has 0 aliphatic heterocycles. The largest absolute Gasteiger partial charge is 0.0776 e. The molecule has 0 aliphatic rings. The Kier molecular flexibility index (Phi) is 293. The first kappa shape index (κ1) is 41.4. The van der Waals surface area contributed by atoms with Crippen molar-refractivity contribution in [1.82, 2.24) is 0 Å². The van der Waals surface area contributed by atoms with Crippen LogP contribution in [0.4, 0.5) is 0 Å². The molecule has 0 saturated heterocycles. The molecule has 0 fully saturated rings. The first-order chi connectivity index (χ1) is 1.91. The van der Waals surface area contributed by atoms with Gasteiger partial charge in [-0.1, -0.05) is 49.2 Å². The highest BCUT2D eigenvalue weighted by molar-refractivity contribution is 6.33. The second-order valence-electron chi connectivity index (χ2n) is 1.000. The van der Waals surface area contributed by atoms with Crippen molar-refractivity contribution in [2.75, 3.05) is 0 Å². The Labute approximate surface area is 59.5 Å². The van der Waals surface area contributed by atoms with Crippen molar-refractivity contribution in [2.45, 2.75) is 49.2 Å². The van der Waals surface area contributed by atoms with Gasteiger partial charge in [0.15, 0.2) is 0 Å². The van der Waals surface area contributed by atoms with Gasteiger partial charge in [0.1, 0.15) is 0 Å². The maximum absolute atomic E-state index is 2.32. The smallest absolute Gasteiger partial charge is 0.0163 e. The van der Waals surface area contributed by atoms with Crippen molar-refractivity contribution in [1.29, 1.82) is 0 Å². The van der Waals surface area contributed by atoms with Gasteiger partial charge >= 0.3 is 0 Å². The first-order valence-electron chi connectivity index (χ1n) is 1.91. The highest BCUT2D eigenvalue weighted by Gasteiger charge is 1.58. The van der Waals surface area contributed by atoms with Crippen LogP contribution in [0.5, 0.6) is 0 Å². The van der Waals surface area contributed by atoms with Crippen molar-refractivity contribution in [3.63, 3.8) is 0 Å². The molecule has 1 heteroatoms. The van der Waals surface area contributed by atoms with Crippen LogP contribution >= 0.6 is 0 Å². The van der Waals surface area contributed by atoms with E-state index < -0.39 is 0 Å². The van der Waals surface area contributed by atoms with Gasteiger partial charge in [0.05, 0.1) is 0 Å². The molecule has 0 heterocycles. The summed E-state index contributed by atoms with van der Waals surface area (Å²) in [6.07, 6.45) is 0. The molecule has 0 aromatic carbocycles. The molecular weight excluding hydrogens is 112 g/mol. The van der Waals surface area contributed by atoms with E-state index in [9.17, 15) is 0 Å². The van der Waals surface area contributed by atoms with E-state index in [1.54, 1.807) is 0 Å². The molecule has 0 aliphatic carbocycles. The fraction of sp³-hybridized carbons (Fsp3) is 1.00. The van der Waals surface area contributed by atoms with Gasteiger partial charge in [-0.25, -0.2) is 0 Å². The third-order valence-corrected chi connectivity index (χ3v) is 1.50. The van der Waals surface area contributed by atoms with Crippen molar-refractivity contribution < 1.29 is 0 Å². The Morgan fingerprint density at radius 1 is 1.00 bits per heavy atom. The van der Waals surface area contributed by atoms with E-state index in [4.69, 9.17) is 0 Å². The van der Waals surface area contributed by atoms with E-state index in [0.29, 0.717) is 9.52 Å². The quantitative estimate of drug-likeness (QED) is 0.488. The maximum atomic E-state index is 2.32. The highest BCUT2D eigenvalue weighted by Crippen LogP contribution is 1.64. The summed E-state index contributed by atoms with van der Waals surface area (Å²) in [4.78, 5) is 0. The molecule has 0 amide bonds. The summed E-state index contributed by atoms with van der Waals surface area (Å²) < 4.78 is 0. The lowest BCUT2D eigenvalue weighted by Gasteiger charge is -1.66. The van der Waals surface area contributed by atoms with Crippen molar-refractivity contribution in [3.8, 4) is 0 Å². The SMILES string of the molecule is C.C.C.C.CC[SiH2]C. The van der Waals surface area contributed by atoms with E-state index in [0.717, 1.165) is 0 Å². The van der Waals surface area contributed by atoms with Crippen molar-refractivity contribution >= 4 is 9.52 Å². The van der Waals surface area contributed by atoms with E-state index in [1.165, 1.54) is 6.04 Å². The normalized spacial score (nSPS) is 5.25. The van der Waals surface area contributed by atoms with E-state index in [-0.39, 0.29) is 29.7 Å². The van der Waals surface area contributed by atoms with Gasteiger partial charge in [0, 0.05) is 9.52 Å². The van der Waals surface area contributed by atoms with E-state index in [1.807, 2.05) is 0 Å². The lowest BCUT2D eigenvalue weighted by atomic mass is 11.0. The Balaban J connectivity index is -0.00000000750. The minimum atomic E-state index is 0. The summed E-state index contributed by atoms with van der Waals surface area (Å²) in [5.41, 5.74) is 0. The van der Waals surface area contributed by atoms with Gasteiger partial charge < -0.3 is 0 Å². The molecule has 0 bridgehead atoms. The average Bonchev–Trinajstić information content (AvgIpc) is 1.37. The van der Waals surface area contributed by atoms with Gasteiger partial charge in [-0.15, -0.1) is 0 Å². The second kappa shape index (κ2) is 56.8. The summed E-state index contributed by atoms with van der Waals surface area (Å²) in [7, 11) is 0.424. The zero-order valence-electron chi connectivity index (χ0n) is 3.41. The fourth-order valence-electron chi connectivity index (χ4n) is 0. The zero-order chi connectivity index (χ0) is 3.41. The molecule has 0 unspecified atom stereocenters. The molecule has 0 saturated carbocycles. The minimum absolute atomic E-state index is 0. The third-order valence-electron chi connectivity index (χ3n) is 0.500. The van der Waals surface area contributed by atoms with Crippen LogP contribution in [0.25, 0.3) is 0 Å². The maximum Gasteiger partial charge on any atom is 0.0163 e. The van der Waals surface area contributed by atoms with Crippen molar-refractivity contribution in [2.24, 2.45) is 0 Å². The molecule has 0 aromatic rings. The van der Waals surface area contributed by atoms with Gasteiger partial charge in [-0.2, -0.15) is 0 Å². The summed E-state index contributed by atoms with van der Waals surface area (Å²) >= 11 is 0. The van der Waals surface area contributed by atoms with Gasteiger partial charge in [0.25, 0.3) is 0 Å². The summed E-state index contributed by atoms with van der Waals surface area (Å²) in [6, 6.07) is 1.46. The molecule has 0 N–H and O–H groups in total. The van der Waals surface area contributed by atoms with Gasteiger partial charge in [-0.05, 0) is 0 Å². The van der Waals surface area contributed by atoms with Crippen molar-refractivity contribution in [3.05, 3.63) is 0 Å². The van der Waals surface area contributed by atoms with Crippen LogP contribution in [0.15, 0.2) is 0 Å². The van der Waals surface area contributed by atoms with Crippen LogP contribution in [0.1, 0.15) is 36.6 Å².